The molecule has 2 bridgehead atoms. The topological polar surface area (TPSA) is 93.1 Å². The summed E-state index contributed by atoms with van der Waals surface area (Å²) in [5.41, 5.74) is -3.29. The molecule has 2 unspecified atom stereocenters. The molecule has 6 heteroatoms. The van der Waals surface area contributed by atoms with Gasteiger partial charge < -0.3 is 10.2 Å². The fraction of sp³-hybridized carbons (Fsp3) is 0.625. The predicted octanol–water partition coefficient (Wildman–Crippen LogP) is 2.84. The second-order valence-electron chi connectivity index (χ2n) is 5.88. The lowest BCUT2D eigenvalue weighted by Gasteiger charge is -2.42. The van der Waals surface area contributed by atoms with Gasteiger partial charge in [0.05, 0.1) is 5.57 Å². The van der Waals surface area contributed by atoms with E-state index in [0.717, 1.165) is 19.3 Å². The zero-order chi connectivity index (χ0) is 16.2. The number of hydrogen-bond donors (Lipinski definition) is 2. The minimum atomic E-state index is -2.03. The average Bonchev–Trinajstić information content (AvgIpc) is 2.51. The SMILES string of the molecule is CCCCCCCCC12C=CC(C(=O)O)(OO1)C(C(=O)O)=C2. The first kappa shape index (κ1) is 16.7. The van der Waals surface area contributed by atoms with Crippen molar-refractivity contribution >= 4 is 11.9 Å². The summed E-state index contributed by atoms with van der Waals surface area (Å²) in [6, 6.07) is 0. The molecule has 0 aromatic heterocycles. The van der Waals surface area contributed by atoms with Gasteiger partial charge in [0.15, 0.2) is 0 Å². The average molecular weight is 310 g/mol. The van der Waals surface area contributed by atoms with Crippen molar-refractivity contribution in [1.29, 1.82) is 0 Å². The lowest BCUT2D eigenvalue weighted by molar-refractivity contribution is -0.386. The quantitative estimate of drug-likeness (QED) is 0.386. The van der Waals surface area contributed by atoms with E-state index < -0.39 is 23.1 Å². The summed E-state index contributed by atoms with van der Waals surface area (Å²) < 4.78 is 0. The zero-order valence-corrected chi connectivity index (χ0v) is 12.7. The van der Waals surface area contributed by atoms with Crippen LogP contribution in [-0.4, -0.2) is 33.4 Å². The summed E-state index contributed by atoms with van der Waals surface area (Å²) in [4.78, 5) is 32.9. The van der Waals surface area contributed by atoms with Crippen LogP contribution < -0.4 is 0 Å². The molecule has 0 amide bonds. The summed E-state index contributed by atoms with van der Waals surface area (Å²) in [6.45, 7) is 2.16. The van der Waals surface area contributed by atoms with Gasteiger partial charge in [-0.2, -0.15) is 0 Å². The third-order valence-corrected chi connectivity index (χ3v) is 4.19. The molecule has 0 fully saturated rings. The van der Waals surface area contributed by atoms with Gasteiger partial charge in [0.2, 0.25) is 5.60 Å². The number of carbonyl (C=O) groups is 2. The van der Waals surface area contributed by atoms with Gasteiger partial charge in [-0.1, -0.05) is 39.0 Å². The fourth-order valence-corrected chi connectivity index (χ4v) is 2.84. The second-order valence-corrected chi connectivity index (χ2v) is 5.88. The molecular formula is C16H22O6. The molecule has 3 rings (SSSR count). The minimum absolute atomic E-state index is 0.292. The first-order valence-electron chi connectivity index (χ1n) is 7.73. The molecule has 0 aromatic carbocycles. The number of rotatable bonds is 9. The van der Waals surface area contributed by atoms with Gasteiger partial charge in [-0.15, -0.1) is 0 Å². The minimum Gasteiger partial charge on any atom is -0.479 e. The van der Waals surface area contributed by atoms with Crippen molar-refractivity contribution in [2.45, 2.75) is 63.1 Å². The molecule has 3 aliphatic rings. The van der Waals surface area contributed by atoms with Crippen molar-refractivity contribution < 1.29 is 29.6 Å². The molecular weight excluding hydrogens is 288 g/mol. The van der Waals surface area contributed by atoms with E-state index in [1.54, 1.807) is 6.08 Å². The highest BCUT2D eigenvalue weighted by Gasteiger charge is 2.56. The van der Waals surface area contributed by atoms with E-state index in [9.17, 15) is 19.8 Å². The summed E-state index contributed by atoms with van der Waals surface area (Å²) >= 11 is 0. The number of fused-ring (bicyclic) bond motifs is 1. The van der Waals surface area contributed by atoms with Gasteiger partial charge in [0, 0.05) is 0 Å². The van der Waals surface area contributed by atoms with Gasteiger partial charge in [0.1, 0.15) is 5.60 Å². The van der Waals surface area contributed by atoms with Gasteiger partial charge in [-0.3, -0.25) is 0 Å². The van der Waals surface area contributed by atoms with Crippen LogP contribution in [0.3, 0.4) is 0 Å². The molecule has 0 aromatic rings. The number of unbranched alkanes of at least 4 members (excludes halogenated alkanes) is 5. The van der Waals surface area contributed by atoms with E-state index in [1.165, 1.54) is 31.4 Å². The first-order valence-corrected chi connectivity index (χ1v) is 7.73. The molecule has 1 aliphatic carbocycles. The standard InChI is InChI=1S/C16H22O6/c1-2-3-4-5-6-7-8-15-9-10-16(14(19)20,22-21-15)12(11-15)13(17)18/h9-11H,2-8H2,1H3,(H,17,18)(H,19,20). The fourth-order valence-electron chi connectivity index (χ4n) is 2.84. The molecule has 2 atom stereocenters. The van der Waals surface area contributed by atoms with Crippen LogP contribution in [0.5, 0.6) is 0 Å². The van der Waals surface area contributed by atoms with Crippen molar-refractivity contribution in [3.8, 4) is 0 Å². The number of hydrogen-bond acceptors (Lipinski definition) is 4. The Labute approximate surface area is 129 Å². The molecule has 2 N–H and O–H groups in total. The molecule has 2 aliphatic heterocycles. The van der Waals surface area contributed by atoms with Crippen molar-refractivity contribution in [3.05, 3.63) is 23.8 Å². The van der Waals surface area contributed by atoms with Crippen LogP contribution in [-0.2, 0) is 19.4 Å². The van der Waals surface area contributed by atoms with Crippen LogP contribution >= 0.6 is 0 Å². The van der Waals surface area contributed by atoms with Crippen molar-refractivity contribution in [3.63, 3.8) is 0 Å². The largest absolute Gasteiger partial charge is 0.479 e. The normalized spacial score (nSPS) is 29.4. The van der Waals surface area contributed by atoms with Crippen molar-refractivity contribution in [2.24, 2.45) is 0 Å². The van der Waals surface area contributed by atoms with Gasteiger partial charge in [0.25, 0.3) is 0 Å². The highest BCUT2D eigenvalue weighted by molar-refractivity contribution is 6.01. The Morgan fingerprint density at radius 2 is 1.73 bits per heavy atom. The van der Waals surface area contributed by atoms with Gasteiger partial charge >= 0.3 is 11.9 Å². The van der Waals surface area contributed by atoms with Crippen LogP contribution in [0.2, 0.25) is 0 Å². The summed E-state index contributed by atoms with van der Waals surface area (Å²) in [5, 5.41) is 18.5. The molecule has 0 radical (unpaired) electrons. The molecule has 0 saturated carbocycles. The maximum Gasteiger partial charge on any atom is 0.348 e. The Morgan fingerprint density at radius 1 is 1.05 bits per heavy atom. The summed E-state index contributed by atoms with van der Waals surface area (Å²) in [6.07, 6.45) is 11.4. The third-order valence-electron chi connectivity index (χ3n) is 4.19. The zero-order valence-electron chi connectivity index (χ0n) is 12.7. The molecule has 0 spiro atoms. The lowest BCUT2D eigenvalue weighted by atomic mass is 9.79. The van der Waals surface area contributed by atoms with E-state index in [-0.39, 0.29) is 5.57 Å². The van der Waals surface area contributed by atoms with E-state index in [4.69, 9.17) is 9.78 Å². The van der Waals surface area contributed by atoms with E-state index in [2.05, 4.69) is 6.92 Å². The summed E-state index contributed by atoms with van der Waals surface area (Å²) in [5.74, 6) is -2.70. The third kappa shape index (κ3) is 3.08. The highest BCUT2D eigenvalue weighted by Crippen LogP contribution is 2.43. The first-order chi connectivity index (χ1) is 10.5. The second kappa shape index (κ2) is 6.62. The molecule has 6 nitrogen and oxygen atoms in total. The lowest BCUT2D eigenvalue weighted by Crippen LogP contribution is -2.54. The maximum absolute atomic E-state index is 11.4. The van der Waals surface area contributed by atoms with Gasteiger partial charge in [-0.05, 0) is 31.1 Å². The molecule has 22 heavy (non-hydrogen) atoms. The number of aliphatic carboxylic acids is 2. The van der Waals surface area contributed by atoms with Gasteiger partial charge in [-0.25, -0.2) is 19.4 Å². The Hall–Kier alpha value is -1.66. The van der Waals surface area contributed by atoms with Crippen LogP contribution in [0.1, 0.15) is 51.9 Å². The van der Waals surface area contributed by atoms with Crippen LogP contribution in [0.15, 0.2) is 23.8 Å². The summed E-state index contributed by atoms with van der Waals surface area (Å²) in [7, 11) is 0. The molecule has 2 heterocycles. The molecule has 122 valence electrons. The van der Waals surface area contributed by atoms with Crippen LogP contribution in [0.25, 0.3) is 0 Å². The van der Waals surface area contributed by atoms with Crippen molar-refractivity contribution in [2.75, 3.05) is 0 Å². The Bertz CT molecular complexity index is 509. The Balaban J connectivity index is 2.02. The van der Waals surface area contributed by atoms with Crippen LogP contribution in [0, 0.1) is 0 Å². The Morgan fingerprint density at radius 3 is 2.27 bits per heavy atom. The number of carboxylic acid groups (broad SMARTS) is 2. The number of carboxylic acids is 2. The predicted molar refractivity (Wildman–Crippen MR) is 78.1 cm³/mol. The monoisotopic (exact) mass is 310 g/mol. The molecule has 0 saturated heterocycles. The van der Waals surface area contributed by atoms with Crippen molar-refractivity contribution in [1.82, 2.24) is 0 Å². The highest BCUT2D eigenvalue weighted by atomic mass is 17.2. The van der Waals surface area contributed by atoms with Crippen LogP contribution in [0.4, 0.5) is 0 Å². The smallest absolute Gasteiger partial charge is 0.348 e. The maximum atomic E-state index is 11.4. The van der Waals surface area contributed by atoms with E-state index in [1.807, 2.05) is 0 Å². The van der Waals surface area contributed by atoms with E-state index >= 15 is 0 Å². The van der Waals surface area contributed by atoms with E-state index in [0.29, 0.717) is 6.42 Å². The Kier molecular flexibility index (Phi) is 5.03.